The van der Waals surface area contributed by atoms with Gasteiger partial charge in [-0.3, -0.25) is 0 Å². The van der Waals surface area contributed by atoms with Crippen LogP contribution < -0.4 is 5.73 Å². The maximum atomic E-state index is 6.12. The zero-order chi connectivity index (χ0) is 14.2. The Morgan fingerprint density at radius 3 is 1.47 bits per heavy atom. The summed E-state index contributed by atoms with van der Waals surface area (Å²) in [6, 6.07) is 0. The summed E-state index contributed by atoms with van der Waals surface area (Å²) in [5, 5.41) is 0. The molecule has 1 saturated heterocycles. The zero-order valence-electron chi connectivity index (χ0n) is 13.5. The first-order chi connectivity index (χ1) is 9.02. The second-order valence-electron chi connectivity index (χ2n) is 6.79. The van der Waals surface area contributed by atoms with Gasteiger partial charge in [0.25, 0.3) is 0 Å². The van der Waals surface area contributed by atoms with Gasteiger partial charge < -0.3 is 10.5 Å². The summed E-state index contributed by atoms with van der Waals surface area (Å²) in [7, 11) is 0. The number of ether oxygens (including phenoxy) is 1. The highest BCUT2D eigenvalue weighted by molar-refractivity contribution is 5.05. The molecular formula is C17H35NO. The SMILES string of the molecule is CCCCCCCCCCCCCC1(N)OC1(C)C. The molecule has 0 saturated carbocycles. The lowest BCUT2D eigenvalue weighted by molar-refractivity contribution is 0.265. The van der Waals surface area contributed by atoms with Crippen LogP contribution in [0.15, 0.2) is 0 Å². The third kappa shape index (κ3) is 6.27. The van der Waals surface area contributed by atoms with Crippen molar-refractivity contribution in [3.63, 3.8) is 0 Å². The van der Waals surface area contributed by atoms with Gasteiger partial charge in [-0.2, -0.15) is 0 Å². The van der Waals surface area contributed by atoms with Gasteiger partial charge in [-0.15, -0.1) is 0 Å². The van der Waals surface area contributed by atoms with E-state index < -0.39 is 0 Å². The van der Waals surface area contributed by atoms with Crippen molar-refractivity contribution in [3.05, 3.63) is 0 Å². The molecule has 1 unspecified atom stereocenters. The Bertz CT molecular complexity index is 239. The van der Waals surface area contributed by atoms with Crippen molar-refractivity contribution in [2.24, 2.45) is 5.73 Å². The molecule has 0 aromatic heterocycles. The molecule has 0 radical (unpaired) electrons. The molecule has 1 rings (SSSR count). The van der Waals surface area contributed by atoms with Crippen molar-refractivity contribution >= 4 is 0 Å². The standard InChI is InChI=1S/C17H35NO/c1-4-5-6-7-8-9-10-11-12-13-14-15-17(18)16(2,3)19-17/h4-15,18H2,1-3H3. The first-order valence-electron chi connectivity index (χ1n) is 8.51. The number of hydrogen-bond acceptors (Lipinski definition) is 2. The molecule has 0 aromatic rings. The van der Waals surface area contributed by atoms with E-state index in [4.69, 9.17) is 10.5 Å². The maximum Gasteiger partial charge on any atom is 0.146 e. The van der Waals surface area contributed by atoms with E-state index in [1.807, 2.05) is 0 Å². The van der Waals surface area contributed by atoms with E-state index in [0.717, 1.165) is 6.42 Å². The largest absolute Gasteiger partial charge is 0.347 e. The Morgan fingerprint density at radius 2 is 1.11 bits per heavy atom. The van der Waals surface area contributed by atoms with Crippen LogP contribution in [-0.2, 0) is 4.74 Å². The molecule has 1 heterocycles. The number of rotatable bonds is 12. The number of epoxide rings is 1. The predicted molar refractivity (Wildman–Crippen MR) is 83.2 cm³/mol. The highest BCUT2D eigenvalue weighted by atomic mass is 16.6. The molecule has 114 valence electrons. The molecule has 19 heavy (non-hydrogen) atoms. The monoisotopic (exact) mass is 269 g/mol. The quantitative estimate of drug-likeness (QED) is 0.393. The molecule has 2 nitrogen and oxygen atoms in total. The van der Waals surface area contributed by atoms with E-state index in [0.29, 0.717) is 0 Å². The van der Waals surface area contributed by atoms with Gasteiger partial charge in [0.2, 0.25) is 0 Å². The average Bonchev–Trinajstić information content (AvgIpc) is 2.85. The molecule has 1 aliphatic rings. The summed E-state index contributed by atoms with van der Waals surface area (Å²) in [5.41, 5.74) is 5.73. The zero-order valence-corrected chi connectivity index (χ0v) is 13.5. The lowest BCUT2D eigenvalue weighted by Gasteiger charge is -2.08. The molecule has 0 aromatic carbocycles. The summed E-state index contributed by atoms with van der Waals surface area (Å²) < 4.78 is 5.56. The minimum atomic E-state index is -0.313. The summed E-state index contributed by atoms with van der Waals surface area (Å²) in [6.07, 6.45) is 16.3. The molecule has 1 atom stereocenters. The van der Waals surface area contributed by atoms with Crippen LogP contribution >= 0.6 is 0 Å². The topological polar surface area (TPSA) is 38.5 Å². The molecule has 0 aliphatic carbocycles. The molecule has 1 aliphatic heterocycles. The van der Waals surface area contributed by atoms with Crippen LogP contribution in [0.1, 0.15) is 97.8 Å². The molecular weight excluding hydrogens is 234 g/mol. The van der Waals surface area contributed by atoms with E-state index in [2.05, 4.69) is 20.8 Å². The van der Waals surface area contributed by atoms with Crippen LogP contribution in [0.3, 0.4) is 0 Å². The Labute approximate surface area is 120 Å². The predicted octanol–water partition coefficient (Wildman–Crippen LogP) is 5.15. The third-order valence-corrected chi connectivity index (χ3v) is 4.57. The van der Waals surface area contributed by atoms with Crippen molar-refractivity contribution in [1.29, 1.82) is 0 Å². The van der Waals surface area contributed by atoms with Gasteiger partial charge in [-0.1, -0.05) is 71.1 Å². The first kappa shape index (κ1) is 17.0. The first-order valence-corrected chi connectivity index (χ1v) is 8.51. The second kappa shape index (κ2) is 8.26. The van der Waals surface area contributed by atoms with E-state index in [1.54, 1.807) is 0 Å². The molecule has 0 spiro atoms. The Balaban J connectivity index is 1.77. The van der Waals surface area contributed by atoms with Crippen molar-refractivity contribution in [3.8, 4) is 0 Å². The molecule has 0 amide bonds. The summed E-state index contributed by atoms with van der Waals surface area (Å²) in [4.78, 5) is 0. The van der Waals surface area contributed by atoms with Crippen LogP contribution in [0.4, 0.5) is 0 Å². The Morgan fingerprint density at radius 1 is 0.737 bits per heavy atom. The van der Waals surface area contributed by atoms with Crippen molar-refractivity contribution in [2.75, 3.05) is 0 Å². The third-order valence-electron chi connectivity index (χ3n) is 4.57. The average molecular weight is 269 g/mol. The van der Waals surface area contributed by atoms with E-state index in [1.165, 1.54) is 70.6 Å². The Kier molecular flexibility index (Phi) is 7.38. The number of unbranched alkanes of at least 4 members (excludes halogenated alkanes) is 10. The van der Waals surface area contributed by atoms with Crippen LogP contribution in [0, 0.1) is 0 Å². The van der Waals surface area contributed by atoms with Crippen molar-refractivity contribution < 1.29 is 4.74 Å². The minimum absolute atomic E-state index is 0.0779. The summed E-state index contributed by atoms with van der Waals surface area (Å²) in [6.45, 7) is 6.45. The fraction of sp³-hybridized carbons (Fsp3) is 1.00. The molecule has 2 heteroatoms. The maximum absolute atomic E-state index is 6.12. The van der Waals surface area contributed by atoms with Gasteiger partial charge >= 0.3 is 0 Å². The van der Waals surface area contributed by atoms with E-state index in [9.17, 15) is 0 Å². The number of nitrogens with two attached hydrogens (primary N) is 1. The van der Waals surface area contributed by atoms with Gasteiger partial charge in [-0.25, -0.2) is 0 Å². The van der Waals surface area contributed by atoms with Gasteiger partial charge in [0, 0.05) is 0 Å². The summed E-state index contributed by atoms with van der Waals surface area (Å²) in [5.74, 6) is 0. The van der Waals surface area contributed by atoms with Crippen LogP contribution in [-0.4, -0.2) is 11.3 Å². The van der Waals surface area contributed by atoms with Gasteiger partial charge in [-0.05, 0) is 26.7 Å². The van der Waals surface area contributed by atoms with Gasteiger partial charge in [0.05, 0.1) is 0 Å². The van der Waals surface area contributed by atoms with Crippen LogP contribution in [0.5, 0.6) is 0 Å². The van der Waals surface area contributed by atoms with Gasteiger partial charge in [0.1, 0.15) is 11.3 Å². The normalized spacial score (nSPS) is 24.6. The molecule has 1 fully saturated rings. The van der Waals surface area contributed by atoms with Crippen LogP contribution in [0.25, 0.3) is 0 Å². The highest BCUT2D eigenvalue weighted by Gasteiger charge is 2.60. The Hall–Kier alpha value is -0.0800. The molecule has 2 N–H and O–H groups in total. The molecule has 0 bridgehead atoms. The number of hydrogen-bond donors (Lipinski definition) is 1. The highest BCUT2D eigenvalue weighted by Crippen LogP contribution is 2.46. The van der Waals surface area contributed by atoms with E-state index >= 15 is 0 Å². The van der Waals surface area contributed by atoms with Crippen molar-refractivity contribution in [1.82, 2.24) is 0 Å². The smallest absolute Gasteiger partial charge is 0.146 e. The lowest BCUT2D eigenvalue weighted by Crippen LogP contribution is -2.31. The second-order valence-corrected chi connectivity index (χ2v) is 6.79. The lowest BCUT2D eigenvalue weighted by atomic mass is 9.98. The fourth-order valence-electron chi connectivity index (χ4n) is 2.83. The van der Waals surface area contributed by atoms with Gasteiger partial charge in [0.15, 0.2) is 0 Å². The minimum Gasteiger partial charge on any atom is -0.347 e. The fourth-order valence-corrected chi connectivity index (χ4v) is 2.83. The van der Waals surface area contributed by atoms with E-state index in [-0.39, 0.29) is 11.3 Å². The van der Waals surface area contributed by atoms with Crippen LogP contribution in [0.2, 0.25) is 0 Å². The van der Waals surface area contributed by atoms with Crippen molar-refractivity contribution in [2.45, 2.75) is 109 Å². The summed E-state index contributed by atoms with van der Waals surface area (Å²) >= 11 is 0.